The molecule has 0 aliphatic heterocycles. The molecule has 0 amide bonds. The van der Waals surface area contributed by atoms with E-state index in [-0.39, 0.29) is 0 Å². The maximum atomic E-state index is 4.74. The van der Waals surface area contributed by atoms with Gasteiger partial charge in [0.15, 0.2) is 11.5 Å². The molecular formula is C15H22N6. The summed E-state index contributed by atoms with van der Waals surface area (Å²) in [7, 11) is 2.00. The lowest BCUT2D eigenvalue weighted by Gasteiger charge is -2.04. The van der Waals surface area contributed by atoms with Gasteiger partial charge in [0.2, 0.25) is 0 Å². The molecule has 0 aliphatic carbocycles. The lowest BCUT2D eigenvalue weighted by atomic mass is 10.1. The topological polar surface area (TPSA) is 64.3 Å². The van der Waals surface area contributed by atoms with Crippen LogP contribution in [0.5, 0.6) is 0 Å². The monoisotopic (exact) mass is 286 g/mol. The fraction of sp³-hybridized carbons (Fsp3) is 0.533. The molecule has 0 unspecified atom stereocenters. The number of aromatic amines is 1. The first-order valence-corrected chi connectivity index (χ1v) is 7.39. The number of H-pyrrole nitrogens is 1. The average Bonchev–Trinajstić information content (AvgIpc) is 3.06. The second-order valence-corrected chi connectivity index (χ2v) is 6.02. The number of imidazole rings is 2. The van der Waals surface area contributed by atoms with Gasteiger partial charge < -0.3 is 9.55 Å². The van der Waals surface area contributed by atoms with Gasteiger partial charge in [-0.05, 0) is 26.2 Å². The summed E-state index contributed by atoms with van der Waals surface area (Å²) in [6.07, 6.45) is 2.96. The standard InChI is InChI=1S/C15H22N6/c1-9(2)6-7-21-15-13(10(3)19-21)17-14(18-15)12-8-16-11(4)20(12)5/h8-9H,6-7H2,1-5H3,(H,17,18). The van der Waals surface area contributed by atoms with Crippen LogP contribution in [-0.2, 0) is 13.6 Å². The summed E-state index contributed by atoms with van der Waals surface area (Å²) in [5.74, 6) is 2.48. The molecule has 0 atom stereocenters. The van der Waals surface area contributed by atoms with Gasteiger partial charge in [0.05, 0.1) is 11.9 Å². The quantitative estimate of drug-likeness (QED) is 0.802. The van der Waals surface area contributed by atoms with Gasteiger partial charge >= 0.3 is 0 Å². The van der Waals surface area contributed by atoms with Crippen LogP contribution >= 0.6 is 0 Å². The SMILES string of the molecule is Cc1nn(CCC(C)C)c2nc(-c3cnc(C)n3C)[nH]c12. The molecule has 3 rings (SSSR count). The number of nitrogens with one attached hydrogen (secondary N) is 1. The Kier molecular flexibility index (Phi) is 3.31. The molecule has 0 aliphatic rings. The Balaban J connectivity index is 2.04. The van der Waals surface area contributed by atoms with E-state index in [4.69, 9.17) is 4.98 Å². The normalized spacial score (nSPS) is 11.9. The second-order valence-electron chi connectivity index (χ2n) is 6.02. The van der Waals surface area contributed by atoms with Crippen molar-refractivity contribution in [2.45, 2.75) is 40.7 Å². The molecule has 6 heteroatoms. The molecule has 112 valence electrons. The molecule has 21 heavy (non-hydrogen) atoms. The van der Waals surface area contributed by atoms with Gasteiger partial charge in [-0.15, -0.1) is 0 Å². The minimum atomic E-state index is 0.655. The Bertz CT molecular complexity index is 774. The number of aryl methyl sites for hydroxylation is 3. The highest BCUT2D eigenvalue weighted by Crippen LogP contribution is 2.23. The summed E-state index contributed by atoms with van der Waals surface area (Å²) in [6, 6.07) is 0. The van der Waals surface area contributed by atoms with Crippen LogP contribution in [0.2, 0.25) is 0 Å². The molecule has 3 aromatic rings. The van der Waals surface area contributed by atoms with Crippen molar-refractivity contribution in [3.8, 4) is 11.5 Å². The summed E-state index contributed by atoms with van der Waals surface area (Å²) in [6.45, 7) is 9.35. The molecule has 3 heterocycles. The van der Waals surface area contributed by atoms with Gasteiger partial charge in [0.25, 0.3) is 0 Å². The van der Waals surface area contributed by atoms with E-state index in [1.165, 1.54) is 0 Å². The molecule has 3 aromatic heterocycles. The highest BCUT2D eigenvalue weighted by molar-refractivity contribution is 5.78. The molecular weight excluding hydrogens is 264 g/mol. The Labute approximate surface area is 124 Å². The molecule has 0 radical (unpaired) electrons. The lowest BCUT2D eigenvalue weighted by molar-refractivity contribution is 0.493. The Morgan fingerprint density at radius 3 is 2.67 bits per heavy atom. The van der Waals surface area contributed by atoms with Gasteiger partial charge in [-0.1, -0.05) is 13.8 Å². The Hall–Kier alpha value is -2.11. The zero-order valence-electron chi connectivity index (χ0n) is 13.3. The van der Waals surface area contributed by atoms with E-state index >= 15 is 0 Å². The van der Waals surface area contributed by atoms with E-state index in [9.17, 15) is 0 Å². The first-order chi connectivity index (χ1) is 9.97. The number of aromatic nitrogens is 6. The minimum Gasteiger partial charge on any atom is -0.334 e. The summed E-state index contributed by atoms with van der Waals surface area (Å²) in [5.41, 5.74) is 3.94. The number of fused-ring (bicyclic) bond motifs is 1. The van der Waals surface area contributed by atoms with Crippen molar-refractivity contribution in [2.24, 2.45) is 13.0 Å². The van der Waals surface area contributed by atoms with Gasteiger partial charge in [0, 0.05) is 13.6 Å². The number of hydrogen-bond donors (Lipinski definition) is 1. The molecule has 0 fully saturated rings. The third-order valence-electron chi connectivity index (χ3n) is 3.94. The van der Waals surface area contributed by atoms with Crippen molar-refractivity contribution < 1.29 is 0 Å². The molecule has 0 aromatic carbocycles. The van der Waals surface area contributed by atoms with Crippen LogP contribution in [0.25, 0.3) is 22.7 Å². The van der Waals surface area contributed by atoms with Crippen LogP contribution in [0.4, 0.5) is 0 Å². The van der Waals surface area contributed by atoms with Crippen LogP contribution in [0.1, 0.15) is 31.8 Å². The van der Waals surface area contributed by atoms with Crippen molar-refractivity contribution in [3.05, 3.63) is 17.7 Å². The summed E-state index contributed by atoms with van der Waals surface area (Å²) < 4.78 is 4.05. The zero-order valence-corrected chi connectivity index (χ0v) is 13.3. The number of rotatable bonds is 4. The second kappa shape index (κ2) is 5.02. The zero-order chi connectivity index (χ0) is 15.1. The number of nitrogens with zero attached hydrogens (tertiary/aromatic N) is 5. The van der Waals surface area contributed by atoms with E-state index in [2.05, 4.69) is 28.9 Å². The summed E-state index contributed by atoms with van der Waals surface area (Å²) in [5, 5.41) is 4.58. The molecule has 0 saturated heterocycles. The smallest absolute Gasteiger partial charge is 0.177 e. The van der Waals surface area contributed by atoms with Crippen molar-refractivity contribution >= 4 is 11.2 Å². The third-order valence-corrected chi connectivity index (χ3v) is 3.94. The largest absolute Gasteiger partial charge is 0.334 e. The Morgan fingerprint density at radius 1 is 1.29 bits per heavy atom. The fourth-order valence-corrected chi connectivity index (χ4v) is 2.46. The third kappa shape index (κ3) is 2.34. The summed E-state index contributed by atoms with van der Waals surface area (Å²) >= 11 is 0. The van der Waals surface area contributed by atoms with Crippen LogP contribution in [0.15, 0.2) is 6.20 Å². The first-order valence-electron chi connectivity index (χ1n) is 7.39. The molecule has 0 bridgehead atoms. The van der Waals surface area contributed by atoms with Gasteiger partial charge in [-0.3, -0.25) is 0 Å². The van der Waals surface area contributed by atoms with E-state index in [0.717, 1.165) is 47.2 Å². The maximum Gasteiger partial charge on any atom is 0.177 e. The summed E-state index contributed by atoms with van der Waals surface area (Å²) in [4.78, 5) is 12.5. The number of hydrogen-bond acceptors (Lipinski definition) is 3. The van der Waals surface area contributed by atoms with Crippen molar-refractivity contribution in [3.63, 3.8) is 0 Å². The van der Waals surface area contributed by atoms with E-state index in [1.54, 1.807) is 0 Å². The lowest BCUT2D eigenvalue weighted by Crippen LogP contribution is -2.04. The van der Waals surface area contributed by atoms with Crippen molar-refractivity contribution in [2.75, 3.05) is 0 Å². The molecule has 0 spiro atoms. The van der Waals surface area contributed by atoms with Gasteiger partial charge in [-0.2, -0.15) is 5.10 Å². The highest BCUT2D eigenvalue weighted by Gasteiger charge is 2.16. The molecule has 0 saturated carbocycles. The molecule has 6 nitrogen and oxygen atoms in total. The van der Waals surface area contributed by atoms with Crippen LogP contribution < -0.4 is 0 Å². The first kappa shape index (κ1) is 13.9. The minimum absolute atomic E-state index is 0.655. The van der Waals surface area contributed by atoms with Crippen LogP contribution in [0.3, 0.4) is 0 Å². The predicted octanol–water partition coefficient (Wildman–Crippen LogP) is 2.82. The molecule has 1 N–H and O–H groups in total. The maximum absolute atomic E-state index is 4.74. The van der Waals surface area contributed by atoms with Crippen LogP contribution in [0, 0.1) is 19.8 Å². The Morgan fingerprint density at radius 2 is 2.05 bits per heavy atom. The van der Waals surface area contributed by atoms with E-state index < -0.39 is 0 Å². The predicted molar refractivity (Wildman–Crippen MR) is 83.0 cm³/mol. The van der Waals surface area contributed by atoms with E-state index in [1.807, 2.05) is 36.3 Å². The average molecular weight is 286 g/mol. The van der Waals surface area contributed by atoms with Crippen LogP contribution in [-0.4, -0.2) is 29.3 Å². The van der Waals surface area contributed by atoms with Gasteiger partial charge in [-0.25, -0.2) is 14.6 Å². The van der Waals surface area contributed by atoms with Gasteiger partial charge in [0.1, 0.15) is 17.0 Å². The van der Waals surface area contributed by atoms with E-state index in [0.29, 0.717) is 5.92 Å². The van der Waals surface area contributed by atoms with Crippen molar-refractivity contribution in [1.29, 1.82) is 0 Å². The van der Waals surface area contributed by atoms with Crippen molar-refractivity contribution in [1.82, 2.24) is 29.3 Å². The highest BCUT2D eigenvalue weighted by atomic mass is 15.3. The fourth-order valence-electron chi connectivity index (χ4n) is 2.46.